The van der Waals surface area contributed by atoms with Gasteiger partial charge < -0.3 is 5.32 Å². The second-order valence-electron chi connectivity index (χ2n) is 4.03. The highest BCUT2D eigenvalue weighted by molar-refractivity contribution is 4.69. The molecule has 15 heavy (non-hydrogen) atoms. The molecule has 1 aromatic rings. The molecule has 0 aliphatic heterocycles. The molecule has 0 aromatic carbocycles. The van der Waals surface area contributed by atoms with E-state index in [1.54, 1.807) is 12.7 Å². The molecule has 0 bridgehead atoms. The standard InChI is InChI=1S/C11H22N4/c1-4-11(5-2)14-10(3)6-7-15-9-12-8-13-15/h8-11,14H,4-7H2,1-3H3. The quantitative estimate of drug-likeness (QED) is 0.746. The van der Waals surface area contributed by atoms with Gasteiger partial charge in [0.2, 0.25) is 0 Å². The van der Waals surface area contributed by atoms with Crippen LogP contribution in [0.5, 0.6) is 0 Å². The van der Waals surface area contributed by atoms with Crippen LogP contribution in [0.2, 0.25) is 0 Å². The van der Waals surface area contributed by atoms with Gasteiger partial charge in [0, 0.05) is 18.6 Å². The Morgan fingerprint density at radius 1 is 1.33 bits per heavy atom. The van der Waals surface area contributed by atoms with Crippen LogP contribution in [0, 0.1) is 0 Å². The summed E-state index contributed by atoms with van der Waals surface area (Å²) in [6, 6.07) is 1.19. The maximum Gasteiger partial charge on any atom is 0.137 e. The summed E-state index contributed by atoms with van der Waals surface area (Å²) in [7, 11) is 0. The Morgan fingerprint density at radius 2 is 2.07 bits per heavy atom. The maximum atomic E-state index is 4.09. The highest BCUT2D eigenvalue weighted by Crippen LogP contribution is 2.01. The minimum absolute atomic E-state index is 0.541. The maximum absolute atomic E-state index is 4.09. The van der Waals surface area contributed by atoms with Gasteiger partial charge in [-0.15, -0.1) is 0 Å². The third-order valence-electron chi connectivity index (χ3n) is 2.76. The second-order valence-corrected chi connectivity index (χ2v) is 4.03. The summed E-state index contributed by atoms with van der Waals surface area (Å²) < 4.78 is 1.88. The lowest BCUT2D eigenvalue weighted by atomic mass is 10.1. The van der Waals surface area contributed by atoms with Gasteiger partial charge in [-0.05, 0) is 26.2 Å². The van der Waals surface area contributed by atoms with Crippen molar-refractivity contribution >= 4 is 0 Å². The van der Waals surface area contributed by atoms with E-state index in [1.165, 1.54) is 12.8 Å². The lowest BCUT2D eigenvalue weighted by Gasteiger charge is -2.20. The van der Waals surface area contributed by atoms with Crippen molar-refractivity contribution in [2.24, 2.45) is 0 Å². The first-order valence-corrected chi connectivity index (χ1v) is 5.84. The topological polar surface area (TPSA) is 42.7 Å². The predicted octanol–water partition coefficient (Wildman–Crippen LogP) is 1.83. The van der Waals surface area contributed by atoms with Crippen molar-refractivity contribution in [3.8, 4) is 0 Å². The summed E-state index contributed by atoms with van der Waals surface area (Å²) in [5.74, 6) is 0. The smallest absolute Gasteiger partial charge is 0.137 e. The Bertz CT molecular complexity index is 241. The molecule has 0 amide bonds. The van der Waals surface area contributed by atoms with E-state index in [-0.39, 0.29) is 0 Å². The zero-order chi connectivity index (χ0) is 11.1. The Labute approximate surface area is 92.1 Å². The van der Waals surface area contributed by atoms with Gasteiger partial charge in [0.25, 0.3) is 0 Å². The molecule has 0 aliphatic rings. The normalized spacial score (nSPS) is 13.3. The highest BCUT2D eigenvalue weighted by Gasteiger charge is 2.08. The van der Waals surface area contributed by atoms with Crippen LogP contribution in [0.25, 0.3) is 0 Å². The minimum Gasteiger partial charge on any atom is -0.311 e. The summed E-state index contributed by atoms with van der Waals surface area (Å²) in [5.41, 5.74) is 0. The summed E-state index contributed by atoms with van der Waals surface area (Å²) in [6.07, 6.45) is 6.84. The highest BCUT2D eigenvalue weighted by atomic mass is 15.3. The number of hydrogen-bond donors (Lipinski definition) is 1. The van der Waals surface area contributed by atoms with Crippen molar-refractivity contribution in [2.45, 2.75) is 58.7 Å². The van der Waals surface area contributed by atoms with Crippen LogP contribution in [0.15, 0.2) is 12.7 Å². The molecule has 1 unspecified atom stereocenters. The summed E-state index contributed by atoms with van der Waals surface area (Å²) in [6.45, 7) is 7.63. The molecule has 86 valence electrons. The van der Waals surface area contributed by atoms with Crippen LogP contribution in [-0.4, -0.2) is 26.8 Å². The van der Waals surface area contributed by atoms with Gasteiger partial charge in [0.15, 0.2) is 0 Å². The molecule has 1 N–H and O–H groups in total. The Morgan fingerprint density at radius 3 is 2.60 bits per heavy atom. The second kappa shape index (κ2) is 6.56. The van der Waals surface area contributed by atoms with Gasteiger partial charge in [0.1, 0.15) is 12.7 Å². The lowest BCUT2D eigenvalue weighted by molar-refractivity contribution is 0.387. The zero-order valence-electron chi connectivity index (χ0n) is 9.98. The molecular formula is C11H22N4. The van der Waals surface area contributed by atoms with Crippen molar-refractivity contribution in [1.82, 2.24) is 20.1 Å². The van der Waals surface area contributed by atoms with Crippen LogP contribution >= 0.6 is 0 Å². The average Bonchev–Trinajstić information content (AvgIpc) is 2.75. The molecule has 0 saturated carbocycles. The summed E-state index contributed by atoms with van der Waals surface area (Å²) in [5, 5.41) is 7.70. The van der Waals surface area contributed by atoms with E-state index >= 15 is 0 Å². The summed E-state index contributed by atoms with van der Waals surface area (Å²) in [4.78, 5) is 3.92. The van der Waals surface area contributed by atoms with Crippen LogP contribution in [0.3, 0.4) is 0 Å². The molecule has 1 aromatic heterocycles. The number of rotatable bonds is 7. The molecule has 0 fully saturated rings. The fourth-order valence-electron chi connectivity index (χ4n) is 1.68. The predicted molar refractivity (Wildman–Crippen MR) is 61.6 cm³/mol. The molecule has 1 heterocycles. The van der Waals surface area contributed by atoms with Gasteiger partial charge >= 0.3 is 0 Å². The molecule has 1 atom stereocenters. The van der Waals surface area contributed by atoms with Crippen molar-refractivity contribution in [2.75, 3.05) is 0 Å². The largest absolute Gasteiger partial charge is 0.311 e. The molecule has 0 spiro atoms. The Kier molecular flexibility index (Phi) is 5.32. The fourth-order valence-corrected chi connectivity index (χ4v) is 1.68. The molecule has 4 nitrogen and oxygen atoms in total. The molecule has 0 radical (unpaired) electrons. The number of nitrogens with one attached hydrogen (secondary N) is 1. The van der Waals surface area contributed by atoms with Crippen LogP contribution < -0.4 is 5.32 Å². The number of nitrogens with zero attached hydrogens (tertiary/aromatic N) is 3. The molecular weight excluding hydrogens is 188 g/mol. The number of hydrogen-bond acceptors (Lipinski definition) is 3. The molecule has 1 rings (SSSR count). The average molecular weight is 210 g/mol. The van der Waals surface area contributed by atoms with Crippen LogP contribution in [0.1, 0.15) is 40.0 Å². The first-order valence-electron chi connectivity index (χ1n) is 5.84. The van der Waals surface area contributed by atoms with Crippen molar-refractivity contribution in [1.29, 1.82) is 0 Å². The van der Waals surface area contributed by atoms with Gasteiger partial charge in [-0.1, -0.05) is 13.8 Å². The fraction of sp³-hybridized carbons (Fsp3) is 0.818. The minimum atomic E-state index is 0.541. The van der Waals surface area contributed by atoms with E-state index in [2.05, 4.69) is 36.2 Å². The van der Waals surface area contributed by atoms with Gasteiger partial charge in [-0.3, -0.25) is 4.68 Å². The van der Waals surface area contributed by atoms with E-state index in [9.17, 15) is 0 Å². The SMILES string of the molecule is CCC(CC)NC(C)CCn1cncn1. The van der Waals surface area contributed by atoms with E-state index in [0.29, 0.717) is 12.1 Å². The first-order chi connectivity index (χ1) is 7.26. The third-order valence-corrected chi connectivity index (χ3v) is 2.76. The summed E-state index contributed by atoms with van der Waals surface area (Å²) >= 11 is 0. The van der Waals surface area contributed by atoms with Gasteiger partial charge in [-0.2, -0.15) is 5.10 Å². The van der Waals surface area contributed by atoms with Crippen LogP contribution in [-0.2, 0) is 6.54 Å². The van der Waals surface area contributed by atoms with E-state index < -0.39 is 0 Å². The monoisotopic (exact) mass is 210 g/mol. The lowest BCUT2D eigenvalue weighted by Crippen LogP contribution is -2.36. The third kappa shape index (κ3) is 4.42. The van der Waals surface area contributed by atoms with Gasteiger partial charge in [-0.25, -0.2) is 4.98 Å². The van der Waals surface area contributed by atoms with E-state index in [4.69, 9.17) is 0 Å². The molecule has 0 saturated heterocycles. The number of aryl methyl sites for hydroxylation is 1. The Balaban J connectivity index is 2.21. The first kappa shape index (κ1) is 12.2. The van der Waals surface area contributed by atoms with Crippen molar-refractivity contribution in [3.63, 3.8) is 0 Å². The van der Waals surface area contributed by atoms with Crippen LogP contribution in [0.4, 0.5) is 0 Å². The molecule has 0 aliphatic carbocycles. The Hall–Kier alpha value is -0.900. The van der Waals surface area contributed by atoms with Gasteiger partial charge in [0.05, 0.1) is 0 Å². The van der Waals surface area contributed by atoms with E-state index in [0.717, 1.165) is 13.0 Å². The zero-order valence-corrected chi connectivity index (χ0v) is 9.98. The van der Waals surface area contributed by atoms with Crippen molar-refractivity contribution in [3.05, 3.63) is 12.7 Å². The van der Waals surface area contributed by atoms with E-state index in [1.807, 2.05) is 4.68 Å². The molecule has 4 heteroatoms. The van der Waals surface area contributed by atoms with Crippen molar-refractivity contribution < 1.29 is 0 Å². The number of aromatic nitrogens is 3.